The van der Waals surface area contributed by atoms with Gasteiger partial charge in [0.2, 0.25) is 0 Å². The Hall–Kier alpha value is -3.14. The highest BCUT2D eigenvalue weighted by Gasteiger charge is 2.24. The van der Waals surface area contributed by atoms with E-state index in [9.17, 15) is 18.0 Å². The number of hydrogen-bond donors (Lipinski definition) is 3. The molecule has 10 heteroatoms. The minimum absolute atomic E-state index is 0.0778. The van der Waals surface area contributed by atoms with E-state index in [0.717, 1.165) is 12.8 Å². The molecular weight excluding hydrogens is 433 g/mol. The molecule has 0 radical (unpaired) electrons. The van der Waals surface area contributed by atoms with E-state index in [4.69, 9.17) is 0 Å². The summed E-state index contributed by atoms with van der Waals surface area (Å²) in [6, 6.07) is 7.81. The first-order valence-electron chi connectivity index (χ1n) is 11.2. The van der Waals surface area contributed by atoms with E-state index in [-0.39, 0.29) is 31.4 Å². The Morgan fingerprint density at radius 3 is 2.85 bits per heavy atom. The normalized spacial score (nSPS) is 18.0. The first kappa shape index (κ1) is 23.0. The van der Waals surface area contributed by atoms with Gasteiger partial charge in [0.25, 0.3) is 5.91 Å². The Balaban J connectivity index is 1.44. The summed E-state index contributed by atoms with van der Waals surface area (Å²) in [7, 11) is 0. The number of alkyl halides is 2. The molecule has 1 saturated heterocycles. The monoisotopic (exact) mass is 460 g/mol. The zero-order valence-corrected chi connectivity index (χ0v) is 18.2. The molecule has 3 aromatic rings. The number of hydrogen-bond acceptors (Lipinski definition) is 5. The summed E-state index contributed by atoms with van der Waals surface area (Å²) in [5.74, 6) is -0.571. The first-order chi connectivity index (χ1) is 16.0. The zero-order chi connectivity index (χ0) is 23.2. The zero-order valence-electron chi connectivity index (χ0n) is 18.2. The van der Waals surface area contributed by atoms with Gasteiger partial charge in [0.1, 0.15) is 17.8 Å². The van der Waals surface area contributed by atoms with E-state index in [1.54, 1.807) is 28.9 Å². The van der Waals surface area contributed by atoms with Crippen molar-refractivity contribution in [3.63, 3.8) is 0 Å². The molecule has 1 aliphatic heterocycles. The van der Waals surface area contributed by atoms with E-state index in [1.165, 1.54) is 12.1 Å². The average molecular weight is 461 g/mol. The number of aromatic nitrogens is 3. The van der Waals surface area contributed by atoms with Gasteiger partial charge in [-0.05, 0) is 49.9 Å². The lowest BCUT2D eigenvalue weighted by Gasteiger charge is -2.12. The van der Waals surface area contributed by atoms with E-state index in [0.29, 0.717) is 42.1 Å². The fraction of sp³-hybridized carbons (Fsp3) is 0.435. The third-order valence-corrected chi connectivity index (χ3v) is 5.67. The lowest BCUT2D eigenvalue weighted by atomic mass is 10.1. The summed E-state index contributed by atoms with van der Waals surface area (Å²) >= 11 is 0. The van der Waals surface area contributed by atoms with Gasteiger partial charge in [-0.15, -0.1) is 5.10 Å². The predicted octanol–water partition coefficient (Wildman–Crippen LogP) is 3.52. The first-order valence-corrected chi connectivity index (χ1v) is 11.2. The van der Waals surface area contributed by atoms with Crippen molar-refractivity contribution in [2.45, 2.75) is 37.9 Å². The number of anilines is 1. The molecule has 3 N–H and O–H groups in total. The largest absolute Gasteiger partial charge is 0.369 e. The van der Waals surface area contributed by atoms with Crippen LogP contribution in [0.25, 0.3) is 16.9 Å². The van der Waals surface area contributed by atoms with Crippen LogP contribution in [-0.4, -0.2) is 59.0 Å². The maximum atomic E-state index is 14.8. The fourth-order valence-electron chi connectivity index (χ4n) is 3.87. The number of carbonyl (C=O) groups excluding carboxylic acids is 1. The lowest BCUT2D eigenvalue weighted by Crippen LogP contribution is -2.37. The molecule has 0 aliphatic carbocycles. The molecule has 4 rings (SSSR count). The van der Waals surface area contributed by atoms with Crippen molar-refractivity contribution in [1.82, 2.24) is 25.2 Å². The summed E-state index contributed by atoms with van der Waals surface area (Å²) in [5.41, 5.74) is 1.64. The number of nitrogens with zero attached hydrogens (tertiary/aromatic N) is 3. The van der Waals surface area contributed by atoms with Gasteiger partial charge in [-0.3, -0.25) is 9.18 Å². The smallest absolute Gasteiger partial charge is 0.254 e. The Kier molecular flexibility index (Phi) is 7.43. The molecule has 2 aromatic heterocycles. The molecular formula is C23H27F3N6O. The minimum atomic E-state index is -0.918. The van der Waals surface area contributed by atoms with Crippen LogP contribution in [0.2, 0.25) is 0 Å². The summed E-state index contributed by atoms with van der Waals surface area (Å²) in [6.45, 7) is 0.870. The molecule has 33 heavy (non-hydrogen) atoms. The van der Waals surface area contributed by atoms with Crippen molar-refractivity contribution in [3.05, 3.63) is 47.9 Å². The highest BCUT2D eigenvalue weighted by atomic mass is 19.1. The molecule has 176 valence electrons. The van der Waals surface area contributed by atoms with E-state index in [2.05, 4.69) is 26.0 Å². The molecule has 1 aromatic carbocycles. The average Bonchev–Trinajstić information content (AvgIpc) is 3.43. The quantitative estimate of drug-likeness (QED) is 0.404. The van der Waals surface area contributed by atoms with Crippen molar-refractivity contribution in [1.29, 1.82) is 0 Å². The van der Waals surface area contributed by atoms with Crippen molar-refractivity contribution >= 4 is 17.4 Å². The van der Waals surface area contributed by atoms with Crippen LogP contribution in [0.5, 0.6) is 0 Å². The van der Waals surface area contributed by atoms with Crippen LogP contribution in [0.3, 0.4) is 0 Å². The van der Waals surface area contributed by atoms with Gasteiger partial charge in [0.05, 0.1) is 24.1 Å². The molecule has 0 saturated carbocycles. The Labute approximate surface area is 189 Å². The van der Waals surface area contributed by atoms with Crippen LogP contribution < -0.4 is 16.0 Å². The summed E-state index contributed by atoms with van der Waals surface area (Å²) < 4.78 is 41.8. The van der Waals surface area contributed by atoms with E-state index < -0.39 is 17.9 Å². The van der Waals surface area contributed by atoms with Crippen LogP contribution in [0.1, 0.15) is 36.0 Å². The van der Waals surface area contributed by atoms with Gasteiger partial charge < -0.3 is 16.0 Å². The van der Waals surface area contributed by atoms with Crippen LogP contribution in [0, 0.1) is 5.82 Å². The molecule has 0 unspecified atom stereocenters. The Morgan fingerprint density at radius 2 is 2.09 bits per heavy atom. The van der Waals surface area contributed by atoms with Gasteiger partial charge in [-0.25, -0.2) is 18.3 Å². The van der Waals surface area contributed by atoms with Crippen LogP contribution in [0.15, 0.2) is 36.5 Å². The van der Waals surface area contributed by atoms with Crippen molar-refractivity contribution in [2.24, 2.45) is 0 Å². The van der Waals surface area contributed by atoms with Gasteiger partial charge in [-0.1, -0.05) is 6.07 Å². The lowest BCUT2D eigenvalue weighted by molar-refractivity contribution is 0.0946. The highest BCUT2D eigenvalue weighted by molar-refractivity contribution is 5.95. The van der Waals surface area contributed by atoms with Crippen molar-refractivity contribution < 1.29 is 18.0 Å². The summed E-state index contributed by atoms with van der Waals surface area (Å²) in [5, 5.41) is 13.4. The molecule has 7 nitrogen and oxygen atoms in total. The Morgan fingerprint density at radius 1 is 1.21 bits per heavy atom. The maximum Gasteiger partial charge on any atom is 0.254 e. The number of rotatable bonds is 10. The molecule has 1 fully saturated rings. The topological polar surface area (TPSA) is 83.3 Å². The van der Waals surface area contributed by atoms with Crippen LogP contribution >= 0.6 is 0 Å². The molecule has 2 atom stereocenters. The third kappa shape index (κ3) is 5.62. The Bertz CT molecular complexity index is 1100. The standard InChI is InChI=1S/C23H27F3N6O/c24-8-2-1-3-9-27-21-6-7-22-29-14-20(32(22)31-21)15-4-5-18(19(26)10-15)23(33)30-13-17-11-16(25)12-28-17/h4-7,10,14,16-17,28H,1-3,8-9,11-13H2,(H,27,31)(H,30,33)/t16-,17+/m1/s1. The SMILES string of the molecule is O=C(NC[C@@H]1C[C@@H](F)CN1)c1ccc(-c2cnc3ccc(NCCCCCF)nn23)cc1F. The van der Waals surface area contributed by atoms with Crippen molar-refractivity contribution in [3.8, 4) is 11.3 Å². The molecule has 3 heterocycles. The van der Waals surface area contributed by atoms with Gasteiger partial charge in [-0.2, -0.15) is 0 Å². The van der Waals surface area contributed by atoms with Gasteiger partial charge in [0.15, 0.2) is 5.65 Å². The number of amides is 1. The second kappa shape index (κ2) is 10.7. The number of unbranched alkanes of at least 4 members (excludes halogenated alkanes) is 2. The van der Waals surface area contributed by atoms with Crippen LogP contribution in [0.4, 0.5) is 19.0 Å². The molecule has 0 spiro atoms. The predicted molar refractivity (Wildman–Crippen MR) is 120 cm³/mol. The van der Waals surface area contributed by atoms with Gasteiger partial charge >= 0.3 is 0 Å². The number of halogens is 3. The van der Waals surface area contributed by atoms with E-state index in [1.807, 2.05) is 0 Å². The minimum Gasteiger partial charge on any atom is -0.369 e. The number of nitrogens with one attached hydrogen (secondary N) is 3. The molecule has 0 bridgehead atoms. The molecule has 1 amide bonds. The van der Waals surface area contributed by atoms with E-state index >= 15 is 0 Å². The number of carbonyl (C=O) groups is 1. The summed E-state index contributed by atoms with van der Waals surface area (Å²) in [6.07, 6.45) is 3.20. The van der Waals surface area contributed by atoms with Crippen molar-refractivity contribution in [2.75, 3.05) is 31.6 Å². The molecule has 1 aliphatic rings. The van der Waals surface area contributed by atoms with Gasteiger partial charge in [0, 0.05) is 31.2 Å². The third-order valence-electron chi connectivity index (χ3n) is 5.67. The number of fused-ring (bicyclic) bond motifs is 1. The number of imidazole rings is 1. The number of benzene rings is 1. The summed E-state index contributed by atoms with van der Waals surface area (Å²) in [4.78, 5) is 16.7. The highest BCUT2D eigenvalue weighted by Crippen LogP contribution is 2.23. The second-order valence-corrected chi connectivity index (χ2v) is 8.15. The fourth-order valence-corrected chi connectivity index (χ4v) is 3.87. The van der Waals surface area contributed by atoms with Crippen LogP contribution in [-0.2, 0) is 0 Å². The second-order valence-electron chi connectivity index (χ2n) is 8.15. The maximum absolute atomic E-state index is 14.8.